The van der Waals surface area contributed by atoms with Crippen molar-refractivity contribution in [3.8, 4) is 0 Å². The van der Waals surface area contributed by atoms with E-state index in [9.17, 15) is 9.59 Å². The maximum absolute atomic E-state index is 13.8. The van der Waals surface area contributed by atoms with Crippen LogP contribution in [0.3, 0.4) is 0 Å². The molecule has 0 saturated heterocycles. The third-order valence-electron chi connectivity index (χ3n) is 9.27. The highest BCUT2D eigenvalue weighted by atomic mass is 35.5. The fraction of sp³-hybridized carbons (Fsp3) is 0.273. The van der Waals surface area contributed by atoms with Crippen molar-refractivity contribution in [3.05, 3.63) is 106 Å². The highest BCUT2D eigenvalue weighted by Crippen LogP contribution is 2.48. The third kappa shape index (κ3) is 3.35. The highest BCUT2D eigenvalue weighted by Gasteiger charge is 2.51. The van der Waals surface area contributed by atoms with Crippen molar-refractivity contribution in [2.24, 2.45) is 4.99 Å². The number of anilines is 1. The number of carbonyl (C=O) groups excluding carboxylic acids is 2. The predicted octanol–water partition coefficient (Wildman–Crippen LogP) is 5.98. The Bertz CT molecular complexity index is 1790. The number of amides is 2. The number of benzene rings is 3. The van der Waals surface area contributed by atoms with Crippen LogP contribution in [-0.2, 0) is 34.4 Å². The molecule has 1 N–H and O–H groups in total. The van der Waals surface area contributed by atoms with E-state index in [1.165, 1.54) is 11.1 Å². The van der Waals surface area contributed by atoms with E-state index in [4.69, 9.17) is 21.6 Å². The van der Waals surface area contributed by atoms with Gasteiger partial charge in [0.25, 0.3) is 5.91 Å². The summed E-state index contributed by atoms with van der Waals surface area (Å²) in [6.07, 6.45) is 6.76. The summed E-state index contributed by atoms with van der Waals surface area (Å²) >= 11 is 6.58. The summed E-state index contributed by atoms with van der Waals surface area (Å²) in [6, 6.07) is 22.0. The molecule has 0 bridgehead atoms. The summed E-state index contributed by atoms with van der Waals surface area (Å²) in [5, 5.41) is 4.69. The molecule has 198 valence electrons. The van der Waals surface area contributed by atoms with Gasteiger partial charge in [0.1, 0.15) is 11.4 Å². The second-order valence-corrected chi connectivity index (χ2v) is 12.0. The van der Waals surface area contributed by atoms with Crippen LogP contribution in [0, 0.1) is 0 Å². The van der Waals surface area contributed by atoms with Crippen LogP contribution in [-0.4, -0.2) is 33.1 Å². The van der Waals surface area contributed by atoms with Crippen molar-refractivity contribution >= 4 is 45.8 Å². The molecule has 6 nitrogen and oxygen atoms in total. The van der Waals surface area contributed by atoms with Gasteiger partial charge in [-0.15, -0.1) is 0 Å². The molecule has 3 heterocycles. The number of aliphatic imine (C=N–C) groups is 1. The van der Waals surface area contributed by atoms with Gasteiger partial charge in [-0.3, -0.25) is 24.5 Å². The molecule has 2 aliphatic carbocycles. The fourth-order valence-corrected chi connectivity index (χ4v) is 7.51. The number of hydrogen-bond acceptors (Lipinski definition) is 4. The fourth-order valence-electron chi connectivity index (χ4n) is 7.29. The van der Waals surface area contributed by atoms with E-state index in [1.807, 2.05) is 48.7 Å². The first-order valence-electron chi connectivity index (χ1n) is 13.9. The molecule has 40 heavy (non-hydrogen) atoms. The maximum Gasteiger partial charge on any atom is 0.256 e. The molecule has 2 amide bonds. The minimum Gasteiger partial charge on any atom is -0.325 e. The van der Waals surface area contributed by atoms with Gasteiger partial charge in [-0.2, -0.15) is 0 Å². The first kappa shape index (κ1) is 23.8. The normalized spacial score (nSPS) is 22.3. The molecule has 0 unspecified atom stereocenters. The molecule has 1 fully saturated rings. The first-order chi connectivity index (χ1) is 19.5. The standard InChI is InChI=1S/C33H27ClN4O2/c34-26-9-3-1-7-24(26)29-37-33(11-5-6-12-33)31(40)38(29)19-20-13-21-14-22-16-32(17-23(22)15-28(21)35-18-20)25-8-2-4-10-27(25)36-30(32)39/h1-4,7-10,13-15,18H,5-6,11-12,16-17,19H2,(H,36,39)/t32-/m0/s1. The van der Waals surface area contributed by atoms with Crippen molar-refractivity contribution in [3.63, 3.8) is 0 Å². The molecule has 2 spiro atoms. The Kier molecular flexibility index (Phi) is 5.05. The average molecular weight is 547 g/mol. The van der Waals surface area contributed by atoms with Crippen LogP contribution in [0.25, 0.3) is 10.9 Å². The number of hydrogen-bond donors (Lipinski definition) is 1. The van der Waals surface area contributed by atoms with E-state index in [0.29, 0.717) is 30.2 Å². The number of amidine groups is 1. The van der Waals surface area contributed by atoms with E-state index in [2.05, 4.69) is 29.6 Å². The second kappa shape index (κ2) is 8.48. The molecule has 4 aromatic rings. The summed E-state index contributed by atoms with van der Waals surface area (Å²) in [7, 11) is 0. The van der Waals surface area contributed by atoms with E-state index in [1.54, 1.807) is 4.90 Å². The number of carbonyl (C=O) groups is 2. The summed E-state index contributed by atoms with van der Waals surface area (Å²) in [5.74, 6) is 0.781. The number of rotatable bonds is 3. The lowest BCUT2D eigenvalue weighted by molar-refractivity contribution is -0.131. The number of aromatic nitrogens is 1. The van der Waals surface area contributed by atoms with Crippen molar-refractivity contribution in [2.45, 2.75) is 56.0 Å². The molecule has 8 rings (SSSR count). The van der Waals surface area contributed by atoms with Crippen LogP contribution < -0.4 is 5.32 Å². The van der Waals surface area contributed by atoms with Gasteiger partial charge < -0.3 is 5.32 Å². The lowest BCUT2D eigenvalue weighted by Gasteiger charge is -2.23. The van der Waals surface area contributed by atoms with Crippen molar-refractivity contribution < 1.29 is 9.59 Å². The molecule has 2 aliphatic heterocycles. The quantitative estimate of drug-likeness (QED) is 0.343. The topological polar surface area (TPSA) is 74.7 Å². The van der Waals surface area contributed by atoms with Crippen molar-refractivity contribution in [1.29, 1.82) is 0 Å². The van der Waals surface area contributed by atoms with Crippen molar-refractivity contribution in [2.75, 3.05) is 5.32 Å². The first-order valence-corrected chi connectivity index (χ1v) is 14.3. The molecule has 4 aliphatic rings. The van der Waals surface area contributed by atoms with Crippen LogP contribution in [0.1, 0.15) is 53.5 Å². The number of nitrogens with one attached hydrogen (secondary N) is 1. The average Bonchev–Trinajstić information content (AvgIpc) is 3.71. The lowest BCUT2D eigenvalue weighted by atomic mass is 9.79. The van der Waals surface area contributed by atoms with Crippen LogP contribution in [0.4, 0.5) is 5.69 Å². The monoisotopic (exact) mass is 546 g/mol. The van der Waals surface area contributed by atoms with E-state index >= 15 is 0 Å². The zero-order valence-corrected chi connectivity index (χ0v) is 22.7. The van der Waals surface area contributed by atoms with Crippen molar-refractivity contribution in [1.82, 2.24) is 9.88 Å². The Morgan fingerprint density at radius 2 is 1.68 bits per heavy atom. The lowest BCUT2D eigenvalue weighted by Crippen LogP contribution is -2.40. The zero-order valence-electron chi connectivity index (χ0n) is 21.9. The summed E-state index contributed by atoms with van der Waals surface area (Å²) in [4.78, 5) is 38.7. The maximum atomic E-state index is 13.8. The van der Waals surface area contributed by atoms with Gasteiger partial charge in [0.15, 0.2) is 0 Å². The van der Waals surface area contributed by atoms with Gasteiger partial charge in [-0.1, -0.05) is 54.8 Å². The summed E-state index contributed by atoms with van der Waals surface area (Å²) < 4.78 is 0. The Hall–Kier alpha value is -4.03. The predicted molar refractivity (Wildman–Crippen MR) is 156 cm³/mol. The Morgan fingerprint density at radius 3 is 2.50 bits per heavy atom. The number of pyridine rings is 1. The van der Waals surface area contributed by atoms with Gasteiger partial charge in [-0.25, -0.2) is 0 Å². The van der Waals surface area contributed by atoms with Crippen LogP contribution in [0.5, 0.6) is 0 Å². The Balaban J connectivity index is 1.14. The minimum absolute atomic E-state index is 0.0572. The van der Waals surface area contributed by atoms with E-state index in [0.717, 1.165) is 59.0 Å². The number of fused-ring (bicyclic) bond motifs is 4. The molecule has 1 saturated carbocycles. The van der Waals surface area contributed by atoms with Gasteiger partial charge in [0.05, 0.1) is 22.5 Å². The summed E-state index contributed by atoms with van der Waals surface area (Å²) in [6.45, 7) is 0.379. The minimum atomic E-state index is -0.675. The van der Waals surface area contributed by atoms with Gasteiger partial charge in [0.2, 0.25) is 5.91 Å². The van der Waals surface area contributed by atoms with Crippen LogP contribution >= 0.6 is 11.6 Å². The van der Waals surface area contributed by atoms with E-state index in [-0.39, 0.29) is 11.8 Å². The molecular formula is C33H27ClN4O2. The number of para-hydroxylation sites is 1. The summed E-state index contributed by atoms with van der Waals surface area (Å²) in [5.41, 5.74) is 5.73. The number of halogens is 1. The van der Waals surface area contributed by atoms with Gasteiger partial charge >= 0.3 is 0 Å². The largest absolute Gasteiger partial charge is 0.325 e. The van der Waals surface area contributed by atoms with Gasteiger partial charge in [0, 0.05) is 22.8 Å². The molecule has 1 atom stereocenters. The number of nitrogens with zero attached hydrogens (tertiary/aromatic N) is 3. The molecule has 1 aromatic heterocycles. The smallest absolute Gasteiger partial charge is 0.256 e. The molecule has 0 radical (unpaired) electrons. The molecular weight excluding hydrogens is 520 g/mol. The SMILES string of the molecule is O=C1N(Cc2cnc3cc4c(cc3c2)C[C@@]2(C4)C(=O)Nc3ccccc32)C(c2ccccc2Cl)=NC12CCCC2. The van der Waals surface area contributed by atoms with Crippen LogP contribution in [0.2, 0.25) is 5.02 Å². The molecule has 7 heteroatoms. The Morgan fingerprint density at radius 1 is 0.925 bits per heavy atom. The zero-order chi connectivity index (χ0) is 27.1. The van der Waals surface area contributed by atoms with Crippen LogP contribution in [0.15, 0.2) is 77.9 Å². The highest BCUT2D eigenvalue weighted by molar-refractivity contribution is 6.35. The third-order valence-corrected chi connectivity index (χ3v) is 9.60. The Labute approximate surface area is 237 Å². The molecule has 3 aromatic carbocycles. The second-order valence-electron chi connectivity index (χ2n) is 11.6. The van der Waals surface area contributed by atoms with E-state index < -0.39 is 11.0 Å². The van der Waals surface area contributed by atoms with Gasteiger partial charge in [-0.05, 0) is 84.3 Å².